The fourth-order valence-electron chi connectivity index (χ4n) is 2.20. The molecule has 70 valence electrons. The largest absolute Gasteiger partial charge is 0.192 e. The van der Waals surface area contributed by atoms with Crippen molar-refractivity contribution in [3.05, 3.63) is 41.0 Å². The first-order chi connectivity index (χ1) is 6.54. The second-order valence-corrected chi connectivity index (χ2v) is 4.42. The molecule has 0 fully saturated rings. The van der Waals surface area contributed by atoms with E-state index >= 15 is 0 Å². The average Bonchev–Trinajstić information content (AvgIpc) is 2.37. The summed E-state index contributed by atoms with van der Waals surface area (Å²) in [5.74, 6) is 0. The van der Waals surface area contributed by atoms with Crippen LogP contribution >= 0.6 is 0 Å². The Morgan fingerprint density at radius 1 is 1.29 bits per heavy atom. The summed E-state index contributed by atoms with van der Waals surface area (Å²) in [5.41, 5.74) is 4.70. The number of hydrogen-bond donors (Lipinski definition) is 0. The van der Waals surface area contributed by atoms with Gasteiger partial charge in [-0.05, 0) is 35.8 Å². The Morgan fingerprint density at radius 2 is 2.00 bits per heavy atom. The highest BCUT2D eigenvalue weighted by Gasteiger charge is 2.27. The number of hydrogen-bond acceptors (Lipinski definition) is 1. The molecule has 1 heteroatoms. The Hall–Kier alpha value is -1.55. The predicted octanol–water partition coefficient (Wildman–Crippen LogP) is 3.25. The van der Waals surface area contributed by atoms with Gasteiger partial charge < -0.3 is 0 Å². The molecule has 0 unspecified atom stereocenters. The van der Waals surface area contributed by atoms with Gasteiger partial charge in [-0.15, -0.1) is 0 Å². The van der Waals surface area contributed by atoms with Gasteiger partial charge in [0, 0.05) is 5.41 Å². The number of allylic oxidation sites excluding steroid dienone is 2. The average molecular weight is 183 g/mol. The molecule has 0 saturated heterocycles. The maximum absolute atomic E-state index is 8.82. The van der Waals surface area contributed by atoms with Crippen LogP contribution in [0.3, 0.4) is 0 Å². The predicted molar refractivity (Wildman–Crippen MR) is 57.8 cm³/mol. The molecule has 0 heterocycles. The van der Waals surface area contributed by atoms with Gasteiger partial charge in [-0.2, -0.15) is 5.26 Å². The maximum atomic E-state index is 8.82. The molecule has 2 rings (SSSR count). The molecule has 1 aromatic carbocycles. The van der Waals surface area contributed by atoms with Gasteiger partial charge in [-0.1, -0.05) is 26.0 Å². The number of fused-ring (bicyclic) bond motifs is 1. The first-order valence-corrected chi connectivity index (χ1v) is 4.79. The van der Waals surface area contributed by atoms with Crippen LogP contribution in [-0.2, 0) is 5.41 Å². The van der Waals surface area contributed by atoms with Gasteiger partial charge in [0.15, 0.2) is 0 Å². The summed E-state index contributed by atoms with van der Waals surface area (Å²) in [6, 6.07) is 8.13. The SMILES string of the molecule is CC1=CC(C)(C)c2ccc(C#N)cc21. The lowest BCUT2D eigenvalue weighted by Crippen LogP contribution is -2.10. The van der Waals surface area contributed by atoms with E-state index in [1.54, 1.807) is 0 Å². The van der Waals surface area contributed by atoms with Crippen LogP contribution < -0.4 is 0 Å². The van der Waals surface area contributed by atoms with Crippen LogP contribution in [0.2, 0.25) is 0 Å². The van der Waals surface area contributed by atoms with E-state index in [2.05, 4.69) is 39.0 Å². The molecule has 0 saturated carbocycles. The van der Waals surface area contributed by atoms with Crippen LogP contribution in [-0.4, -0.2) is 0 Å². The van der Waals surface area contributed by atoms with Crippen LogP contribution in [0.5, 0.6) is 0 Å². The summed E-state index contributed by atoms with van der Waals surface area (Å²) in [6.07, 6.45) is 2.26. The summed E-state index contributed by atoms with van der Waals surface area (Å²) >= 11 is 0. The topological polar surface area (TPSA) is 23.8 Å². The zero-order chi connectivity index (χ0) is 10.3. The van der Waals surface area contributed by atoms with E-state index in [4.69, 9.17) is 5.26 Å². The highest BCUT2D eigenvalue weighted by molar-refractivity contribution is 5.75. The molecule has 0 N–H and O–H groups in total. The van der Waals surface area contributed by atoms with Crippen molar-refractivity contribution < 1.29 is 0 Å². The zero-order valence-electron chi connectivity index (χ0n) is 8.76. The van der Waals surface area contributed by atoms with E-state index < -0.39 is 0 Å². The molecule has 0 amide bonds. The van der Waals surface area contributed by atoms with Crippen LogP contribution in [0.15, 0.2) is 24.3 Å². The van der Waals surface area contributed by atoms with Gasteiger partial charge in [0.25, 0.3) is 0 Å². The zero-order valence-corrected chi connectivity index (χ0v) is 8.76. The molecular formula is C13H13N. The molecule has 1 nitrogen and oxygen atoms in total. The van der Waals surface area contributed by atoms with E-state index in [0.717, 1.165) is 5.56 Å². The molecule has 1 aromatic rings. The molecule has 1 aliphatic carbocycles. The van der Waals surface area contributed by atoms with Crippen molar-refractivity contribution in [1.82, 2.24) is 0 Å². The van der Waals surface area contributed by atoms with E-state index in [1.807, 2.05) is 12.1 Å². The van der Waals surface area contributed by atoms with Gasteiger partial charge in [-0.25, -0.2) is 0 Å². The van der Waals surface area contributed by atoms with Crippen LogP contribution in [0.25, 0.3) is 5.57 Å². The lowest BCUT2D eigenvalue weighted by Gasteiger charge is -2.17. The highest BCUT2D eigenvalue weighted by Crippen LogP contribution is 2.40. The van der Waals surface area contributed by atoms with Crippen LogP contribution in [0.1, 0.15) is 37.5 Å². The molecule has 0 radical (unpaired) electrons. The molecule has 1 aliphatic rings. The van der Waals surface area contributed by atoms with Crippen molar-refractivity contribution in [2.75, 3.05) is 0 Å². The summed E-state index contributed by atoms with van der Waals surface area (Å²) in [7, 11) is 0. The lowest BCUT2D eigenvalue weighted by atomic mass is 9.87. The Bertz CT molecular complexity index is 459. The van der Waals surface area contributed by atoms with E-state index in [0.29, 0.717) is 0 Å². The van der Waals surface area contributed by atoms with Gasteiger partial charge in [0.05, 0.1) is 11.6 Å². The summed E-state index contributed by atoms with van der Waals surface area (Å²) in [5, 5.41) is 8.82. The normalized spacial score (nSPS) is 17.1. The van der Waals surface area contributed by atoms with E-state index in [1.165, 1.54) is 16.7 Å². The minimum absolute atomic E-state index is 0.118. The van der Waals surface area contributed by atoms with Crippen LogP contribution in [0.4, 0.5) is 0 Å². The molecule has 0 bridgehead atoms. The molecule has 14 heavy (non-hydrogen) atoms. The van der Waals surface area contributed by atoms with Crippen molar-refractivity contribution >= 4 is 5.57 Å². The number of rotatable bonds is 0. The molecule has 0 aromatic heterocycles. The molecule has 0 atom stereocenters. The third-order valence-corrected chi connectivity index (χ3v) is 2.85. The Labute approximate surface area is 84.7 Å². The van der Waals surface area contributed by atoms with E-state index in [9.17, 15) is 0 Å². The van der Waals surface area contributed by atoms with Crippen LogP contribution in [0, 0.1) is 11.3 Å². The second-order valence-electron chi connectivity index (χ2n) is 4.42. The fourth-order valence-corrected chi connectivity index (χ4v) is 2.20. The van der Waals surface area contributed by atoms with Gasteiger partial charge in [-0.3, -0.25) is 0 Å². The Kier molecular flexibility index (Phi) is 1.75. The van der Waals surface area contributed by atoms with Gasteiger partial charge in [0.1, 0.15) is 0 Å². The minimum atomic E-state index is 0.118. The summed E-state index contributed by atoms with van der Waals surface area (Å²) in [4.78, 5) is 0. The quantitative estimate of drug-likeness (QED) is 0.605. The Balaban J connectivity index is 2.66. The van der Waals surface area contributed by atoms with Crippen molar-refractivity contribution in [3.8, 4) is 6.07 Å². The summed E-state index contributed by atoms with van der Waals surface area (Å²) in [6.45, 7) is 6.51. The van der Waals surface area contributed by atoms with Crippen molar-refractivity contribution in [2.24, 2.45) is 0 Å². The molecule has 0 aliphatic heterocycles. The van der Waals surface area contributed by atoms with Crippen molar-refractivity contribution in [2.45, 2.75) is 26.2 Å². The minimum Gasteiger partial charge on any atom is -0.192 e. The monoisotopic (exact) mass is 183 g/mol. The van der Waals surface area contributed by atoms with Gasteiger partial charge >= 0.3 is 0 Å². The lowest BCUT2D eigenvalue weighted by molar-refractivity contribution is 0.683. The number of benzene rings is 1. The summed E-state index contributed by atoms with van der Waals surface area (Å²) < 4.78 is 0. The first-order valence-electron chi connectivity index (χ1n) is 4.79. The van der Waals surface area contributed by atoms with E-state index in [-0.39, 0.29) is 5.41 Å². The smallest absolute Gasteiger partial charge is 0.0991 e. The first kappa shape index (κ1) is 9.02. The third-order valence-electron chi connectivity index (χ3n) is 2.85. The van der Waals surface area contributed by atoms with Crippen molar-refractivity contribution in [3.63, 3.8) is 0 Å². The Morgan fingerprint density at radius 3 is 2.64 bits per heavy atom. The standard InChI is InChI=1S/C13H13N/c1-9-7-13(2,3)12-5-4-10(8-14)6-11(9)12/h4-7H,1-3H3. The third kappa shape index (κ3) is 1.15. The van der Waals surface area contributed by atoms with Gasteiger partial charge in [0.2, 0.25) is 0 Å². The second kappa shape index (κ2) is 2.72. The van der Waals surface area contributed by atoms with Crippen molar-refractivity contribution in [1.29, 1.82) is 5.26 Å². The number of nitriles is 1. The number of nitrogens with zero attached hydrogens (tertiary/aromatic N) is 1. The molecule has 0 spiro atoms. The maximum Gasteiger partial charge on any atom is 0.0991 e. The molecular weight excluding hydrogens is 170 g/mol. The highest BCUT2D eigenvalue weighted by atomic mass is 14.3. The fraction of sp³-hybridized carbons (Fsp3) is 0.308.